The van der Waals surface area contributed by atoms with E-state index in [1.54, 1.807) is 24.8 Å². The summed E-state index contributed by atoms with van der Waals surface area (Å²) in [6, 6.07) is 24.3. The summed E-state index contributed by atoms with van der Waals surface area (Å²) in [5.41, 5.74) is 3.91. The monoisotopic (exact) mass is 517 g/mol. The van der Waals surface area contributed by atoms with E-state index in [1.807, 2.05) is 24.3 Å². The molecule has 0 aliphatic heterocycles. The Kier molecular flexibility index (Phi) is 8.99. The van der Waals surface area contributed by atoms with Gasteiger partial charge in [-0.15, -0.1) is 0 Å². The van der Waals surface area contributed by atoms with Gasteiger partial charge in [-0.25, -0.2) is 0 Å². The van der Waals surface area contributed by atoms with Crippen LogP contribution in [0.15, 0.2) is 97.6 Å². The van der Waals surface area contributed by atoms with Crippen LogP contribution in [0.5, 0.6) is 0 Å². The van der Waals surface area contributed by atoms with Crippen LogP contribution in [0.2, 0.25) is 0 Å². The van der Waals surface area contributed by atoms with Crippen molar-refractivity contribution in [3.8, 4) is 0 Å². The van der Waals surface area contributed by atoms with Gasteiger partial charge in [0.15, 0.2) is 0 Å². The molecule has 0 atom stereocenters. The van der Waals surface area contributed by atoms with E-state index in [1.165, 1.54) is 0 Å². The Morgan fingerprint density at radius 1 is 0.438 bits per heavy atom. The first kappa shape index (κ1) is 24.1. The average Bonchev–Trinajstić information content (AvgIpc) is 2.85. The molecule has 4 nitrogen and oxygen atoms in total. The Bertz CT molecular complexity index is 1240. The van der Waals surface area contributed by atoms with E-state index in [2.05, 4.69) is 68.5 Å². The molecule has 4 heterocycles. The summed E-state index contributed by atoms with van der Waals surface area (Å²) in [5.74, 6) is 0. The molecule has 0 aliphatic carbocycles. The molecule has 0 spiro atoms. The van der Waals surface area contributed by atoms with E-state index in [0.717, 1.165) is 43.6 Å². The maximum atomic E-state index is 4.83. The second kappa shape index (κ2) is 11.9. The topological polar surface area (TPSA) is 51.6 Å². The maximum absolute atomic E-state index is 4.83. The molecule has 2 aromatic carbocycles. The van der Waals surface area contributed by atoms with E-state index in [4.69, 9.17) is 20.1 Å². The van der Waals surface area contributed by atoms with Gasteiger partial charge < -0.3 is 12.4 Å². The summed E-state index contributed by atoms with van der Waals surface area (Å²) < 4.78 is 0. The van der Waals surface area contributed by atoms with Gasteiger partial charge in [-0.2, -0.15) is 0 Å². The number of rotatable bonds is 0. The average molecular weight is 519 g/mol. The Balaban J connectivity index is 0.000000157. The molecule has 6 aromatic rings. The largest absolute Gasteiger partial charge is 0.254 e. The van der Waals surface area contributed by atoms with E-state index < -0.39 is 0 Å². The van der Waals surface area contributed by atoms with Crippen molar-refractivity contribution < 1.29 is 25.8 Å². The van der Waals surface area contributed by atoms with E-state index in [0.29, 0.717) is 0 Å². The zero-order valence-corrected chi connectivity index (χ0v) is 20.1. The summed E-state index contributed by atoms with van der Waals surface area (Å²) in [6.07, 6.45) is 7.21. The molecule has 32 heavy (non-hydrogen) atoms. The molecule has 0 N–H and O–H groups in total. The summed E-state index contributed by atoms with van der Waals surface area (Å²) in [5, 5.41) is 4.55. The van der Waals surface area contributed by atoms with Crippen molar-refractivity contribution in [1.29, 1.82) is 0 Å². The van der Waals surface area contributed by atoms with Crippen molar-refractivity contribution in [3.63, 3.8) is 0 Å². The van der Waals surface area contributed by atoms with Gasteiger partial charge in [-0.3, -0.25) is 19.9 Å². The van der Waals surface area contributed by atoms with Crippen LogP contribution >= 0.6 is 20.1 Å². The number of hydrogen-bond donors (Lipinski definition) is 0. The SMILES string of the molecule is [Cl-].[Cl][Cr+][Cl].c1cnc2c(c1)ccc1cccnc12.c1cnc2c(c1)ccc1cccnc12. The molecule has 159 valence electrons. The fourth-order valence-electron chi connectivity index (χ4n) is 3.36. The zero-order chi connectivity index (χ0) is 21.5. The van der Waals surface area contributed by atoms with Crippen molar-refractivity contribution in [3.05, 3.63) is 97.6 Å². The molecule has 0 fully saturated rings. The van der Waals surface area contributed by atoms with Gasteiger partial charge in [0.2, 0.25) is 0 Å². The van der Waals surface area contributed by atoms with Gasteiger partial charge in [-0.05, 0) is 24.3 Å². The molecule has 6 rings (SSSR count). The molecule has 0 aliphatic rings. The Hall–Kier alpha value is -2.52. The fraction of sp³-hybridized carbons (Fsp3) is 0. The van der Waals surface area contributed by atoms with E-state index in [9.17, 15) is 0 Å². The van der Waals surface area contributed by atoms with E-state index in [-0.39, 0.29) is 25.8 Å². The van der Waals surface area contributed by atoms with Crippen LogP contribution in [-0.2, 0) is 13.4 Å². The third kappa shape index (κ3) is 5.45. The van der Waals surface area contributed by atoms with Crippen molar-refractivity contribution in [2.75, 3.05) is 0 Å². The summed E-state index contributed by atoms with van der Waals surface area (Å²) in [6.45, 7) is 0. The van der Waals surface area contributed by atoms with Crippen LogP contribution in [0.25, 0.3) is 43.6 Å². The normalized spacial score (nSPS) is 9.94. The van der Waals surface area contributed by atoms with Crippen molar-refractivity contribution >= 4 is 63.7 Å². The quantitative estimate of drug-likeness (QED) is 0.286. The number of nitrogens with zero attached hydrogens (tertiary/aromatic N) is 4. The third-order valence-corrected chi connectivity index (χ3v) is 4.69. The smallest absolute Gasteiger partial charge is 0.0964 e. The molecule has 0 amide bonds. The Morgan fingerprint density at radius 2 is 0.656 bits per heavy atom. The first-order valence-electron chi connectivity index (χ1n) is 9.38. The number of fused-ring (bicyclic) bond motifs is 6. The van der Waals surface area contributed by atoms with Crippen LogP contribution in [0.1, 0.15) is 0 Å². The minimum absolute atomic E-state index is 0. The molecule has 0 unspecified atom stereocenters. The van der Waals surface area contributed by atoms with Gasteiger partial charge in [0.1, 0.15) is 0 Å². The summed E-state index contributed by atoms with van der Waals surface area (Å²) in [4.78, 5) is 17.4. The van der Waals surface area contributed by atoms with E-state index >= 15 is 0 Å². The Labute approximate surface area is 206 Å². The fourth-order valence-corrected chi connectivity index (χ4v) is 3.36. The Morgan fingerprint density at radius 3 is 0.875 bits per heavy atom. The van der Waals surface area contributed by atoms with Gasteiger partial charge in [0.25, 0.3) is 0 Å². The molecular formula is C24H16Cl3CrN4. The maximum Gasteiger partial charge on any atom is 0.0964 e. The number of hydrogen-bond acceptors (Lipinski definition) is 4. The first-order chi connectivity index (χ1) is 15.3. The van der Waals surface area contributed by atoms with Gasteiger partial charge in [0.05, 0.1) is 22.1 Å². The minimum atomic E-state index is -0.181. The molecular weight excluding hydrogens is 503 g/mol. The number of halogens is 3. The standard InChI is InChI=1S/2C12H8N2.3ClH.Cr/c2*1-3-9-5-6-10-4-2-8-14-12(10)11(9)13-7-1;;;;/h2*1-8H;3*1H;/q;;;;;+3/p-3. The van der Waals surface area contributed by atoms with Crippen molar-refractivity contribution in [2.24, 2.45) is 0 Å². The van der Waals surface area contributed by atoms with Crippen LogP contribution in [0, 0.1) is 0 Å². The van der Waals surface area contributed by atoms with Gasteiger partial charge >= 0.3 is 33.5 Å². The molecule has 0 radical (unpaired) electrons. The van der Waals surface area contributed by atoms with Crippen molar-refractivity contribution in [2.45, 2.75) is 0 Å². The van der Waals surface area contributed by atoms with Crippen molar-refractivity contribution in [1.82, 2.24) is 19.9 Å². The molecule has 4 aromatic heterocycles. The zero-order valence-electron chi connectivity index (χ0n) is 16.6. The molecule has 0 bridgehead atoms. The molecule has 0 saturated heterocycles. The number of pyridine rings is 4. The first-order valence-corrected chi connectivity index (χ1v) is 12.9. The molecule has 8 heteroatoms. The molecule has 0 saturated carbocycles. The number of aromatic nitrogens is 4. The predicted octanol–water partition coefficient (Wildman–Crippen LogP) is 3.95. The summed E-state index contributed by atoms with van der Waals surface area (Å²) in [7, 11) is 9.65. The summed E-state index contributed by atoms with van der Waals surface area (Å²) >= 11 is -0.181. The minimum Gasteiger partial charge on any atom is -0.254 e. The van der Waals surface area contributed by atoms with Crippen LogP contribution in [0.4, 0.5) is 0 Å². The van der Waals surface area contributed by atoms with Gasteiger partial charge in [-0.1, -0.05) is 48.5 Å². The van der Waals surface area contributed by atoms with Crippen LogP contribution in [-0.4, -0.2) is 19.9 Å². The second-order valence-corrected chi connectivity index (χ2v) is 8.60. The number of benzene rings is 2. The van der Waals surface area contributed by atoms with Crippen LogP contribution < -0.4 is 12.4 Å². The van der Waals surface area contributed by atoms with Gasteiger partial charge in [0, 0.05) is 46.3 Å². The third-order valence-electron chi connectivity index (χ3n) is 4.69. The van der Waals surface area contributed by atoms with Crippen LogP contribution in [0.3, 0.4) is 0 Å². The predicted molar refractivity (Wildman–Crippen MR) is 126 cm³/mol. The second-order valence-electron chi connectivity index (χ2n) is 6.49.